The molecule has 0 aliphatic carbocycles. The summed E-state index contributed by atoms with van der Waals surface area (Å²) in [5, 5.41) is 17.9. The SMILES string of the molecule is CC(F)C(N)(C(=O)O)c1ccc(O)cc1. The molecule has 0 spiro atoms. The van der Waals surface area contributed by atoms with E-state index in [-0.39, 0.29) is 11.3 Å². The van der Waals surface area contributed by atoms with Gasteiger partial charge in [-0.15, -0.1) is 0 Å². The van der Waals surface area contributed by atoms with E-state index in [1.165, 1.54) is 24.3 Å². The summed E-state index contributed by atoms with van der Waals surface area (Å²) in [4.78, 5) is 10.9. The van der Waals surface area contributed by atoms with Crippen LogP contribution in [0.25, 0.3) is 0 Å². The number of nitrogens with two attached hydrogens (primary N) is 1. The van der Waals surface area contributed by atoms with Crippen LogP contribution in [0, 0.1) is 0 Å². The second-order valence-corrected chi connectivity index (χ2v) is 3.34. The van der Waals surface area contributed by atoms with Crippen molar-refractivity contribution in [2.45, 2.75) is 18.6 Å². The van der Waals surface area contributed by atoms with Gasteiger partial charge >= 0.3 is 5.97 Å². The number of phenols is 1. The predicted octanol–water partition coefficient (Wildman–Crippen LogP) is 0.989. The van der Waals surface area contributed by atoms with Crippen molar-refractivity contribution in [2.75, 3.05) is 0 Å². The molecule has 0 saturated carbocycles. The van der Waals surface area contributed by atoms with Gasteiger partial charge in [0.15, 0.2) is 5.54 Å². The molecule has 0 fully saturated rings. The number of carboxylic acids is 1. The molecule has 4 nitrogen and oxygen atoms in total. The van der Waals surface area contributed by atoms with E-state index in [0.29, 0.717) is 0 Å². The fourth-order valence-electron chi connectivity index (χ4n) is 1.26. The summed E-state index contributed by atoms with van der Waals surface area (Å²) in [5.74, 6) is -1.47. The smallest absolute Gasteiger partial charge is 0.331 e. The first kappa shape index (κ1) is 11.5. The van der Waals surface area contributed by atoms with Gasteiger partial charge in [-0.1, -0.05) is 12.1 Å². The van der Waals surface area contributed by atoms with Crippen LogP contribution in [0.15, 0.2) is 24.3 Å². The number of hydrogen-bond donors (Lipinski definition) is 3. The van der Waals surface area contributed by atoms with Crippen molar-refractivity contribution in [3.63, 3.8) is 0 Å². The Balaban J connectivity index is 3.22. The van der Waals surface area contributed by atoms with Crippen molar-refractivity contribution >= 4 is 5.97 Å². The summed E-state index contributed by atoms with van der Waals surface area (Å²) in [7, 11) is 0. The molecular weight excluding hydrogens is 201 g/mol. The zero-order chi connectivity index (χ0) is 11.6. The number of hydrogen-bond acceptors (Lipinski definition) is 3. The minimum atomic E-state index is -2.08. The molecule has 2 atom stereocenters. The largest absolute Gasteiger partial charge is 0.508 e. The first-order valence-corrected chi connectivity index (χ1v) is 4.35. The summed E-state index contributed by atoms with van der Waals surface area (Å²) in [6, 6.07) is 5.11. The van der Waals surface area contributed by atoms with Crippen LogP contribution in [0.1, 0.15) is 12.5 Å². The topological polar surface area (TPSA) is 83.6 Å². The van der Waals surface area contributed by atoms with Gasteiger partial charge in [0.25, 0.3) is 0 Å². The molecule has 0 radical (unpaired) electrons. The minimum absolute atomic E-state index is 0.0296. The molecule has 0 aliphatic heterocycles. The molecule has 2 unspecified atom stereocenters. The summed E-state index contributed by atoms with van der Waals surface area (Å²) < 4.78 is 13.2. The van der Waals surface area contributed by atoms with Gasteiger partial charge in [0.1, 0.15) is 11.9 Å². The van der Waals surface area contributed by atoms with Gasteiger partial charge in [0.05, 0.1) is 0 Å². The van der Waals surface area contributed by atoms with Crippen LogP contribution >= 0.6 is 0 Å². The molecule has 1 rings (SSSR count). The molecular formula is C10H12FNO3. The Morgan fingerprint density at radius 1 is 1.47 bits per heavy atom. The van der Waals surface area contributed by atoms with E-state index in [1.54, 1.807) is 0 Å². The Morgan fingerprint density at radius 2 is 1.93 bits per heavy atom. The third-order valence-electron chi connectivity index (χ3n) is 2.33. The summed E-state index contributed by atoms with van der Waals surface area (Å²) >= 11 is 0. The number of carboxylic acid groups (broad SMARTS) is 1. The van der Waals surface area contributed by atoms with Crippen LogP contribution in [0.3, 0.4) is 0 Å². The van der Waals surface area contributed by atoms with E-state index >= 15 is 0 Å². The molecule has 1 aromatic rings. The molecule has 4 N–H and O–H groups in total. The highest BCUT2D eigenvalue weighted by atomic mass is 19.1. The lowest BCUT2D eigenvalue weighted by atomic mass is 9.87. The molecule has 0 bridgehead atoms. The number of carbonyl (C=O) groups is 1. The molecule has 0 amide bonds. The molecule has 15 heavy (non-hydrogen) atoms. The monoisotopic (exact) mass is 213 g/mol. The number of halogens is 1. The number of rotatable bonds is 3. The maximum absolute atomic E-state index is 13.2. The molecule has 0 aliphatic rings. The van der Waals surface area contributed by atoms with Crippen molar-refractivity contribution in [2.24, 2.45) is 5.73 Å². The molecule has 0 saturated heterocycles. The standard InChI is InChI=1S/C10H12FNO3/c1-6(11)10(12,9(14)15)7-2-4-8(13)5-3-7/h2-6,13H,12H2,1H3,(H,14,15). The Labute approximate surface area is 86.1 Å². The normalized spacial score (nSPS) is 16.7. The molecule has 0 aromatic heterocycles. The van der Waals surface area contributed by atoms with Crippen LogP contribution in [-0.2, 0) is 10.3 Å². The minimum Gasteiger partial charge on any atom is -0.508 e. The van der Waals surface area contributed by atoms with Crippen LogP contribution in [0.4, 0.5) is 4.39 Å². The van der Waals surface area contributed by atoms with Crippen LogP contribution in [0.2, 0.25) is 0 Å². The van der Waals surface area contributed by atoms with Gasteiger partial charge in [-0.25, -0.2) is 9.18 Å². The zero-order valence-electron chi connectivity index (χ0n) is 8.14. The quantitative estimate of drug-likeness (QED) is 0.699. The third-order valence-corrected chi connectivity index (χ3v) is 2.33. The number of alkyl halides is 1. The highest BCUT2D eigenvalue weighted by Gasteiger charge is 2.42. The van der Waals surface area contributed by atoms with Crippen molar-refractivity contribution in [3.05, 3.63) is 29.8 Å². The van der Waals surface area contributed by atoms with E-state index in [9.17, 15) is 9.18 Å². The molecule has 5 heteroatoms. The number of aliphatic carboxylic acids is 1. The summed E-state index contributed by atoms with van der Waals surface area (Å²) in [6.07, 6.45) is -1.74. The number of benzene rings is 1. The Morgan fingerprint density at radius 3 is 2.27 bits per heavy atom. The third kappa shape index (κ3) is 1.92. The van der Waals surface area contributed by atoms with Crippen LogP contribution in [-0.4, -0.2) is 22.4 Å². The Bertz CT molecular complexity index is 363. The lowest BCUT2D eigenvalue weighted by molar-refractivity contribution is -0.146. The van der Waals surface area contributed by atoms with Crippen molar-refractivity contribution < 1.29 is 19.4 Å². The molecule has 0 heterocycles. The van der Waals surface area contributed by atoms with Crippen LogP contribution < -0.4 is 5.73 Å². The van der Waals surface area contributed by atoms with Crippen LogP contribution in [0.5, 0.6) is 5.75 Å². The highest BCUT2D eigenvalue weighted by Crippen LogP contribution is 2.26. The average molecular weight is 213 g/mol. The van der Waals surface area contributed by atoms with Crippen molar-refractivity contribution in [1.82, 2.24) is 0 Å². The first-order chi connectivity index (χ1) is 6.89. The van der Waals surface area contributed by atoms with E-state index < -0.39 is 17.7 Å². The lowest BCUT2D eigenvalue weighted by Gasteiger charge is -2.26. The van der Waals surface area contributed by atoms with Gasteiger partial charge in [-0.3, -0.25) is 0 Å². The van der Waals surface area contributed by atoms with E-state index in [1.807, 2.05) is 0 Å². The van der Waals surface area contributed by atoms with Gasteiger partial charge < -0.3 is 15.9 Å². The van der Waals surface area contributed by atoms with E-state index in [2.05, 4.69) is 0 Å². The average Bonchev–Trinajstić information content (AvgIpc) is 2.17. The first-order valence-electron chi connectivity index (χ1n) is 4.35. The van der Waals surface area contributed by atoms with Gasteiger partial charge in [0.2, 0.25) is 0 Å². The lowest BCUT2D eigenvalue weighted by Crippen LogP contribution is -2.51. The van der Waals surface area contributed by atoms with Gasteiger partial charge in [-0.05, 0) is 24.6 Å². The van der Waals surface area contributed by atoms with Crippen molar-refractivity contribution in [1.29, 1.82) is 0 Å². The molecule has 82 valence electrons. The zero-order valence-corrected chi connectivity index (χ0v) is 8.14. The van der Waals surface area contributed by atoms with E-state index in [0.717, 1.165) is 6.92 Å². The maximum atomic E-state index is 13.2. The summed E-state index contributed by atoms with van der Waals surface area (Å²) in [6.45, 7) is 1.08. The predicted molar refractivity (Wildman–Crippen MR) is 52.2 cm³/mol. The second kappa shape index (κ2) is 3.86. The number of phenolic OH excluding ortho intramolecular Hbond substituents is 1. The second-order valence-electron chi connectivity index (χ2n) is 3.34. The Hall–Kier alpha value is -1.62. The Kier molecular flexibility index (Phi) is 2.95. The van der Waals surface area contributed by atoms with Gasteiger partial charge in [0, 0.05) is 0 Å². The van der Waals surface area contributed by atoms with E-state index in [4.69, 9.17) is 15.9 Å². The fraction of sp³-hybridized carbons (Fsp3) is 0.300. The van der Waals surface area contributed by atoms with Gasteiger partial charge in [-0.2, -0.15) is 0 Å². The fourth-order valence-corrected chi connectivity index (χ4v) is 1.26. The summed E-state index contributed by atoms with van der Waals surface area (Å²) in [5.41, 5.74) is 3.54. The number of aromatic hydroxyl groups is 1. The molecule has 1 aromatic carbocycles. The highest BCUT2D eigenvalue weighted by molar-refractivity contribution is 5.81. The van der Waals surface area contributed by atoms with Crippen molar-refractivity contribution in [3.8, 4) is 5.75 Å². The maximum Gasteiger partial charge on any atom is 0.331 e.